The van der Waals surface area contributed by atoms with Crippen molar-refractivity contribution in [3.05, 3.63) is 47.5 Å². The highest BCUT2D eigenvalue weighted by atomic mass is 19.1. The van der Waals surface area contributed by atoms with E-state index in [0.29, 0.717) is 6.42 Å². The van der Waals surface area contributed by atoms with Gasteiger partial charge < -0.3 is 11.1 Å². The highest BCUT2D eigenvalue weighted by Gasteiger charge is 2.27. The molecule has 1 aromatic carbocycles. The topological polar surface area (TPSA) is 72.9 Å². The van der Waals surface area contributed by atoms with Crippen LogP contribution < -0.4 is 11.1 Å². The van der Waals surface area contributed by atoms with Gasteiger partial charge in [-0.2, -0.15) is 5.10 Å². The van der Waals surface area contributed by atoms with Crippen molar-refractivity contribution in [1.82, 2.24) is 15.1 Å². The molecular formula is C19H25FN4O. The lowest BCUT2D eigenvalue weighted by atomic mass is 9.99. The second-order valence-electron chi connectivity index (χ2n) is 6.92. The molecule has 3 atom stereocenters. The zero-order valence-electron chi connectivity index (χ0n) is 14.7. The molecule has 3 N–H and O–H groups in total. The Balaban J connectivity index is 1.67. The van der Waals surface area contributed by atoms with E-state index >= 15 is 0 Å². The molecule has 0 bridgehead atoms. The lowest BCUT2D eigenvalue weighted by molar-refractivity contribution is -0.122. The molecule has 1 aliphatic carbocycles. The number of benzene rings is 1. The summed E-state index contributed by atoms with van der Waals surface area (Å²) in [4.78, 5) is 12.3. The van der Waals surface area contributed by atoms with Gasteiger partial charge in [0.1, 0.15) is 5.82 Å². The van der Waals surface area contributed by atoms with Gasteiger partial charge in [-0.05, 0) is 56.9 Å². The summed E-state index contributed by atoms with van der Waals surface area (Å²) in [6.07, 6.45) is 5.39. The molecule has 25 heavy (non-hydrogen) atoms. The van der Waals surface area contributed by atoms with Gasteiger partial charge in [0.05, 0.1) is 17.9 Å². The quantitative estimate of drug-likeness (QED) is 0.876. The Morgan fingerprint density at radius 3 is 2.76 bits per heavy atom. The lowest BCUT2D eigenvalue weighted by Gasteiger charge is -2.18. The molecule has 3 rings (SSSR count). The molecule has 0 aliphatic heterocycles. The number of amides is 1. The van der Waals surface area contributed by atoms with E-state index < -0.39 is 0 Å². The third kappa shape index (κ3) is 3.90. The van der Waals surface area contributed by atoms with Crippen molar-refractivity contribution in [3.8, 4) is 5.69 Å². The third-order valence-corrected chi connectivity index (χ3v) is 5.13. The number of aromatic nitrogens is 2. The minimum Gasteiger partial charge on any atom is -0.349 e. The van der Waals surface area contributed by atoms with Gasteiger partial charge in [0.15, 0.2) is 0 Å². The summed E-state index contributed by atoms with van der Waals surface area (Å²) < 4.78 is 14.8. The van der Waals surface area contributed by atoms with Crippen molar-refractivity contribution in [3.63, 3.8) is 0 Å². The zero-order valence-corrected chi connectivity index (χ0v) is 14.7. The van der Waals surface area contributed by atoms with Crippen molar-refractivity contribution >= 4 is 5.91 Å². The number of hydrogen-bond donors (Lipinski definition) is 2. The molecule has 1 heterocycles. The van der Waals surface area contributed by atoms with Crippen molar-refractivity contribution in [2.75, 3.05) is 0 Å². The Morgan fingerprint density at radius 1 is 1.40 bits per heavy atom. The predicted molar refractivity (Wildman–Crippen MR) is 94.8 cm³/mol. The van der Waals surface area contributed by atoms with Crippen LogP contribution in [0.2, 0.25) is 0 Å². The van der Waals surface area contributed by atoms with Crippen LogP contribution in [0.1, 0.15) is 49.9 Å². The molecule has 0 radical (unpaired) electrons. The Kier molecular flexibility index (Phi) is 5.18. The summed E-state index contributed by atoms with van der Waals surface area (Å²) >= 11 is 0. The Labute approximate surface area is 147 Å². The summed E-state index contributed by atoms with van der Waals surface area (Å²) in [7, 11) is 0. The van der Waals surface area contributed by atoms with Gasteiger partial charge in [-0.15, -0.1) is 0 Å². The first kappa shape index (κ1) is 17.6. The van der Waals surface area contributed by atoms with Crippen molar-refractivity contribution < 1.29 is 9.18 Å². The number of carbonyl (C=O) groups is 1. The fourth-order valence-corrected chi connectivity index (χ4v) is 3.63. The van der Waals surface area contributed by atoms with Crippen LogP contribution in [0.3, 0.4) is 0 Å². The van der Waals surface area contributed by atoms with Crippen LogP contribution in [0.25, 0.3) is 5.69 Å². The van der Waals surface area contributed by atoms with Gasteiger partial charge in [-0.25, -0.2) is 9.07 Å². The van der Waals surface area contributed by atoms with Crippen molar-refractivity contribution in [1.29, 1.82) is 0 Å². The second kappa shape index (κ2) is 7.35. The third-order valence-electron chi connectivity index (χ3n) is 5.13. The van der Waals surface area contributed by atoms with Gasteiger partial charge in [0, 0.05) is 23.7 Å². The van der Waals surface area contributed by atoms with Gasteiger partial charge >= 0.3 is 0 Å². The summed E-state index contributed by atoms with van der Waals surface area (Å²) in [5, 5.41) is 7.43. The first-order valence-electron chi connectivity index (χ1n) is 8.81. The van der Waals surface area contributed by atoms with Crippen LogP contribution in [-0.2, 0) is 4.79 Å². The molecule has 2 aromatic rings. The number of nitrogens with two attached hydrogens (primary N) is 1. The smallest absolute Gasteiger partial charge is 0.220 e. The van der Waals surface area contributed by atoms with E-state index in [-0.39, 0.29) is 29.7 Å². The van der Waals surface area contributed by atoms with E-state index in [0.717, 1.165) is 36.2 Å². The second-order valence-corrected chi connectivity index (χ2v) is 6.92. The highest BCUT2D eigenvalue weighted by molar-refractivity contribution is 5.76. The fraction of sp³-hybridized carbons (Fsp3) is 0.474. The molecule has 134 valence electrons. The van der Waals surface area contributed by atoms with E-state index in [1.54, 1.807) is 23.0 Å². The van der Waals surface area contributed by atoms with Crippen LogP contribution in [0.4, 0.5) is 4.39 Å². The average molecular weight is 344 g/mol. The molecular weight excluding hydrogens is 319 g/mol. The Bertz CT molecular complexity index is 740. The Morgan fingerprint density at radius 2 is 2.12 bits per heavy atom. The number of rotatable bonds is 5. The van der Waals surface area contributed by atoms with Crippen LogP contribution in [0.5, 0.6) is 0 Å². The summed E-state index contributed by atoms with van der Waals surface area (Å²) in [5.41, 5.74) is 8.72. The molecule has 5 nitrogen and oxygen atoms in total. The van der Waals surface area contributed by atoms with Gasteiger partial charge in [0.2, 0.25) is 5.91 Å². The number of nitrogens with one attached hydrogen (secondary N) is 1. The molecule has 1 aliphatic rings. The predicted octanol–water partition coefficient (Wildman–Crippen LogP) is 3.01. The van der Waals surface area contributed by atoms with Crippen LogP contribution in [0.15, 0.2) is 30.5 Å². The fourth-order valence-electron chi connectivity index (χ4n) is 3.63. The number of hydrogen-bond acceptors (Lipinski definition) is 3. The summed E-state index contributed by atoms with van der Waals surface area (Å²) in [5.74, 6) is 0.0403. The van der Waals surface area contributed by atoms with E-state index in [9.17, 15) is 9.18 Å². The molecule has 0 spiro atoms. The standard InChI is InChI=1S/C19H25FN4O/c1-12(23-19(25)10-14-4-3-5-18(14)21)17-11-22-24(13(17)2)16-8-6-15(20)7-9-16/h6-9,11-12,14,18H,3-5,10,21H2,1-2H3,(H,23,25)/t12?,14-,18+/m0/s1. The van der Waals surface area contributed by atoms with E-state index in [1.165, 1.54) is 12.1 Å². The average Bonchev–Trinajstić information content (AvgIpc) is 3.14. The first-order valence-corrected chi connectivity index (χ1v) is 8.81. The molecule has 1 amide bonds. The minimum absolute atomic E-state index is 0.0313. The van der Waals surface area contributed by atoms with Crippen LogP contribution in [-0.4, -0.2) is 21.7 Å². The van der Waals surface area contributed by atoms with Gasteiger partial charge in [-0.3, -0.25) is 4.79 Å². The number of nitrogens with zero attached hydrogens (tertiary/aromatic N) is 2. The summed E-state index contributed by atoms with van der Waals surface area (Å²) in [6, 6.07) is 6.19. The maximum atomic E-state index is 13.1. The van der Waals surface area contributed by atoms with Crippen molar-refractivity contribution in [2.24, 2.45) is 11.7 Å². The lowest BCUT2D eigenvalue weighted by Crippen LogP contribution is -2.33. The normalized spacial score (nSPS) is 21.3. The number of halogens is 1. The maximum absolute atomic E-state index is 13.1. The molecule has 6 heteroatoms. The molecule has 1 saturated carbocycles. The SMILES string of the molecule is Cc1c(C(C)NC(=O)C[C@@H]2CCC[C@H]2N)cnn1-c1ccc(F)cc1. The monoisotopic (exact) mass is 344 g/mol. The highest BCUT2D eigenvalue weighted by Crippen LogP contribution is 2.27. The summed E-state index contributed by atoms with van der Waals surface area (Å²) in [6.45, 7) is 3.90. The van der Waals surface area contributed by atoms with Crippen LogP contribution in [0, 0.1) is 18.7 Å². The van der Waals surface area contributed by atoms with E-state index in [4.69, 9.17) is 5.73 Å². The molecule has 1 aromatic heterocycles. The van der Waals surface area contributed by atoms with E-state index in [1.807, 2.05) is 13.8 Å². The molecule has 0 saturated heterocycles. The molecule has 1 unspecified atom stereocenters. The first-order chi connectivity index (χ1) is 12.0. The van der Waals surface area contributed by atoms with Crippen molar-refractivity contribution in [2.45, 2.75) is 51.6 Å². The number of carbonyl (C=O) groups excluding carboxylic acids is 1. The zero-order chi connectivity index (χ0) is 18.0. The molecule has 1 fully saturated rings. The van der Waals surface area contributed by atoms with Gasteiger partial charge in [-0.1, -0.05) is 6.42 Å². The Hall–Kier alpha value is -2.21. The largest absolute Gasteiger partial charge is 0.349 e. The maximum Gasteiger partial charge on any atom is 0.220 e. The van der Waals surface area contributed by atoms with Gasteiger partial charge in [0.25, 0.3) is 0 Å². The minimum atomic E-state index is -0.278. The van der Waals surface area contributed by atoms with Crippen LogP contribution >= 0.6 is 0 Å². The van der Waals surface area contributed by atoms with E-state index in [2.05, 4.69) is 10.4 Å².